The molecule has 10 heteroatoms. The Kier molecular flexibility index (Phi) is 4.84. The lowest BCUT2D eigenvalue weighted by molar-refractivity contribution is 0.0691. The minimum absolute atomic E-state index is 0.0722. The molecule has 0 aliphatic rings. The lowest BCUT2D eigenvalue weighted by Crippen LogP contribution is -2.23. The smallest absolute Gasteiger partial charge is 0.355 e. The van der Waals surface area contributed by atoms with Crippen LogP contribution >= 0.6 is 34.5 Å². The predicted octanol–water partition coefficient (Wildman–Crippen LogP) is 2.63. The fraction of sp³-hybridized carbons (Fsp3) is 0.0909. The molecule has 0 aliphatic heterocycles. The summed E-state index contributed by atoms with van der Waals surface area (Å²) in [5, 5.41) is 10.5. The summed E-state index contributed by atoms with van der Waals surface area (Å²) in [5.41, 5.74) is -0.130. The van der Waals surface area contributed by atoms with Gasteiger partial charge in [0.2, 0.25) is 10.0 Å². The first-order valence-electron chi connectivity index (χ1n) is 5.42. The molecular weight excluding hydrogens is 359 g/mol. The number of hydrogen-bond donors (Lipinski definition) is 2. The van der Waals surface area contributed by atoms with Gasteiger partial charge in [0.1, 0.15) is 9.90 Å². The molecule has 0 atom stereocenters. The molecule has 0 saturated carbocycles. The second-order valence-electron chi connectivity index (χ2n) is 3.81. The maximum absolute atomic E-state index is 12.1. The topological polar surface area (TPSA) is 96.4 Å². The molecule has 2 N–H and O–H groups in total. The predicted molar refractivity (Wildman–Crippen MR) is 79.6 cm³/mol. The quantitative estimate of drug-likeness (QED) is 0.847. The number of carboxylic acids is 1. The van der Waals surface area contributed by atoms with Crippen LogP contribution in [-0.2, 0) is 16.6 Å². The van der Waals surface area contributed by atoms with E-state index in [4.69, 9.17) is 28.3 Å². The summed E-state index contributed by atoms with van der Waals surface area (Å²) in [6.07, 6.45) is 0. The molecule has 1 aromatic heterocycles. The monoisotopic (exact) mass is 366 g/mol. The number of halogens is 2. The highest BCUT2D eigenvalue weighted by Gasteiger charge is 2.20. The van der Waals surface area contributed by atoms with Crippen LogP contribution in [0.5, 0.6) is 0 Å². The Morgan fingerprint density at radius 1 is 1.38 bits per heavy atom. The van der Waals surface area contributed by atoms with Crippen molar-refractivity contribution in [3.05, 3.63) is 44.3 Å². The Balaban J connectivity index is 2.18. The maximum Gasteiger partial charge on any atom is 0.355 e. The van der Waals surface area contributed by atoms with E-state index >= 15 is 0 Å². The molecule has 0 spiro atoms. The standard InChI is InChI=1S/C11H8Cl2N2O4S2/c12-6-2-1-3-8(10(6)13)21(18,19)14-4-9-15-7(5-20-9)11(16)17/h1-3,5,14H,4H2,(H,16,17). The fourth-order valence-corrected chi connectivity index (χ4v) is 3.96. The van der Waals surface area contributed by atoms with Gasteiger partial charge in [0.25, 0.3) is 0 Å². The van der Waals surface area contributed by atoms with Crippen LogP contribution in [0.3, 0.4) is 0 Å². The van der Waals surface area contributed by atoms with E-state index in [1.807, 2.05) is 0 Å². The molecule has 1 aromatic carbocycles. The van der Waals surface area contributed by atoms with E-state index in [0.717, 1.165) is 11.3 Å². The highest BCUT2D eigenvalue weighted by Crippen LogP contribution is 2.28. The highest BCUT2D eigenvalue weighted by molar-refractivity contribution is 7.89. The van der Waals surface area contributed by atoms with Gasteiger partial charge in [-0.15, -0.1) is 11.3 Å². The first-order chi connectivity index (χ1) is 9.81. The summed E-state index contributed by atoms with van der Waals surface area (Å²) in [4.78, 5) is 14.3. The van der Waals surface area contributed by atoms with Crippen molar-refractivity contribution < 1.29 is 18.3 Å². The molecule has 21 heavy (non-hydrogen) atoms. The van der Waals surface area contributed by atoms with E-state index in [2.05, 4.69) is 9.71 Å². The third-order valence-corrected chi connectivity index (χ3v) is 5.61. The van der Waals surface area contributed by atoms with Crippen molar-refractivity contribution in [3.63, 3.8) is 0 Å². The number of benzene rings is 1. The number of carboxylic acid groups (broad SMARTS) is 1. The first-order valence-corrected chi connectivity index (χ1v) is 8.54. The zero-order valence-electron chi connectivity index (χ0n) is 10.2. The Morgan fingerprint density at radius 3 is 2.71 bits per heavy atom. The van der Waals surface area contributed by atoms with Crippen molar-refractivity contribution in [3.8, 4) is 0 Å². The molecule has 6 nitrogen and oxygen atoms in total. The van der Waals surface area contributed by atoms with E-state index in [1.54, 1.807) is 0 Å². The van der Waals surface area contributed by atoms with Gasteiger partial charge in [0, 0.05) is 5.38 Å². The molecule has 0 bridgehead atoms. The number of carbonyl (C=O) groups is 1. The largest absolute Gasteiger partial charge is 0.476 e. The van der Waals surface area contributed by atoms with Crippen LogP contribution in [0, 0.1) is 0 Å². The lowest BCUT2D eigenvalue weighted by Gasteiger charge is -2.07. The average molecular weight is 367 g/mol. The van der Waals surface area contributed by atoms with Crippen molar-refractivity contribution >= 4 is 50.5 Å². The van der Waals surface area contributed by atoms with Crippen LogP contribution in [-0.4, -0.2) is 24.5 Å². The minimum Gasteiger partial charge on any atom is -0.476 e. The van der Waals surface area contributed by atoms with E-state index in [0.29, 0.717) is 5.01 Å². The van der Waals surface area contributed by atoms with Gasteiger partial charge in [0.05, 0.1) is 16.6 Å². The second kappa shape index (κ2) is 6.29. The molecule has 0 fully saturated rings. The van der Waals surface area contributed by atoms with Gasteiger partial charge in [-0.2, -0.15) is 0 Å². The minimum atomic E-state index is -3.87. The summed E-state index contributed by atoms with van der Waals surface area (Å²) in [5.74, 6) is -1.17. The van der Waals surface area contributed by atoms with Crippen LogP contribution in [0.2, 0.25) is 10.0 Å². The Hall–Kier alpha value is -1.19. The number of aromatic nitrogens is 1. The van der Waals surface area contributed by atoms with E-state index in [-0.39, 0.29) is 27.2 Å². The molecule has 0 radical (unpaired) electrons. The first kappa shape index (κ1) is 16.2. The average Bonchev–Trinajstić information content (AvgIpc) is 2.88. The van der Waals surface area contributed by atoms with E-state index in [1.165, 1.54) is 23.6 Å². The van der Waals surface area contributed by atoms with Crippen molar-refractivity contribution in [2.75, 3.05) is 0 Å². The third-order valence-electron chi connectivity index (χ3n) is 2.39. The van der Waals surface area contributed by atoms with Gasteiger partial charge in [-0.1, -0.05) is 29.3 Å². The maximum atomic E-state index is 12.1. The van der Waals surface area contributed by atoms with Crippen LogP contribution in [0.4, 0.5) is 0 Å². The van der Waals surface area contributed by atoms with Crippen LogP contribution in [0.15, 0.2) is 28.5 Å². The summed E-state index contributed by atoms with van der Waals surface area (Å²) in [6.45, 7) is -0.136. The SMILES string of the molecule is O=C(O)c1csc(CNS(=O)(=O)c2cccc(Cl)c2Cl)n1. The second-order valence-corrected chi connectivity index (χ2v) is 7.27. The molecule has 2 aromatic rings. The molecule has 2 rings (SSSR count). The van der Waals surface area contributed by atoms with Gasteiger partial charge < -0.3 is 5.11 Å². The molecule has 0 saturated heterocycles. The van der Waals surface area contributed by atoms with Gasteiger partial charge >= 0.3 is 5.97 Å². The Labute approximate surface area is 134 Å². The van der Waals surface area contributed by atoms with Gasteiger partial charge in [-0.3, -0.25) is 0 Å². The lowest BCUT2D eigenvalue weighted by atomic mass is 10.4. The third kappa shape index (κ3) is 3.72. The van der Waals surface area contributed by atoms with Crippen LogP contribution in [0.25, 0.3) is 0 Å². The van der Waals surface area contributed by atoms with Gasteiger partial charge in [-0.05, 0) is 12.1 Å². The van der Waals surface area contributed by atoms with Crippen LogP contribution < -0.4 is 4.72 Å². The van der Waals surface area contributed by atoms with Gasteiger partial charge in [0.15, 0.2) is 5.69 Å². The molecule has 112 valence electrons. The van der Waals surface area contributed by atoms with Crippen molar-refractivity contribution in [2.24, 2.45) is 0 Å². The van der Waals surface area contributed by atoms with E-state index in [9.17, 15) is 13.2 Å². The van der Waals surface area contributed by atoms with Crippen LogP contribution in [0.1, 0.15) is 15.5 Å². The molecule has 1 heterocycles. The fourth-order valence-electron chi connectivity index (χ4n) is 1.42. The summed E-state index contributed by atoms with van der Waals surface area (Å²) >= 11 is 12.7. The number of sulfonamides is 1. The number of aromatic carboxylic acids is 1. The van der Waals surface area contributed by atoms with Crippen molar-refractivity contribution in [1.82, 2.24) is 9.71 Å². The zero-order chi connectivity index (χ0) is 15.6. The van der Waals surface area contributed by atoms with Crippen molar-refractivity contribution in [2.45, 2.75) is 11.4 Å². The number of thiazole rings is 1. The molecule has 0 unspecified atom stereocenters. The van der Waals surface area contributed by atoms with E-state index < -0.39 is 16.0 Å². The normalized spacial score (nSPS) is 11.5. The Bertz CT molecular complexity index is 789. The zero-order valence-corrected chi connectivity index (χ0v) is 13.4. The van der Waals surface area contributed by atoms with Crippen molar-refractivity contribution in [1.29, 1.82) is 0 Å². The summed E-state index contributed by atoms with van der Waals surface area (Å²) in [6, 6.07) is 4.26. The highest BCUT2D eigenvalue weighted by atomic mass is 35.5. The summed E-state index contributed by atoms with van der Waals surface area (Å²) in [7, 11) is -3.87. The number of nitrogens with zero attached hydrogens (tertiary/aromatic N) is 1. The number of rotatable bonds is 5. The molecule has 0 aliphatic carbocycles. The van der Waals surface area contributed by atoms with Gasteiger partial charge in [-0.25, -0.2) is 22.9 Å². The Morgan fingerprint density at radius 2 is 2.10 bits per heavy atom. The number of nitrogens with one attached hydrogen (secondary N) is 1. The number of hydrogen-bond acceptors (Lipinski definition) is 5. The molecular formula is C11H8Cl2N2O4S2. The summed E-state index contributed by atoms with van der Waals surface area (Å²) < 4.78 is 26.5. The molecule has 0 amide bonds.